The van der Waals surface area contributed by atoms with Crippen molar-refractivity contribution in [2.45, 2.75) is 0 Å². The summed E-state index contributed by atoms with van der Waals surface area (Å²) in [5.41, 5.74) is 0.688. The maximum atomic E-state index is 11.5. The Hall–Kier alpha value is -2.65. The summed E-state index contributed by atoms with van der Waals surface area (Å²) < 4.78 is 10.5. The molecular weight excluding hydrogens is 296 g/mol. The van der Waals surface area contributed by atoms with Crippen LogP contribution in [0.2, 0.25) is 5.02 Å². The highest BCUT2D eigenvalue weighted by Crippen LogP contribution is 2.36. The first-order valence-corrected chi connectivity index (χ1v) is 6.20. The zero-order chi connectivity index (χ0) is 15.4. The van der Waals surface area contributed by atoms with Crippen LogP contribution < -0.4 is 20.1 Å². The molecule has 1 aliphatic heterocycles. The number of urea groups is 1. The third-order valence-corrected chi connectivity index (χ3v) is 2.86. The van der Waals surface area contributed by atoms with Crippen LogP contribution in [-0.4, -0.2) is 25.7 Å². The number of rotatable bonds is 4. The van der Waals surface area contributed by atoms with E-state index in [1.165, 1.54) is 13.2 Å². The van der Waals surface area contributed by atoms with E-state index in [0.717, 1.165) is 0 Å². The number of carbonyl (C=O) groups is 2. The molecule has 1 saturated heterocycles. The number of halogens is 1. The van der Waals surface area contributed by atoms with E-state index in [1.54, 1.807) is 12.1 Å². The SMILES string of the molecule is C#CCOc1c(Cl)cc(/C=C2/NC(=O)NC2=O)cc1OC. The summed E-state index contributed by atoms with van der Waals surface area (Å²) in [6, 6.07) is 2.61. The van der Waals surface area contributed by atoms with Gasteiger partial charge in [-0.2, -0.15) is 0 Å². The number of hydrogen-bond acceptors (Lipinski definition) is 4. The van der Waals surface area contributed by atoms with Crippen LogP contribution in [0.15, 0.2) is 17.8 Å². The molecular formula is C14H11ClN2O4. The Morgan fingerprint density at radius 2 is 2.14 bits per heavy atom. The Bertz CT molecular complexity index is 676. The maximum absolute atomic E-state index is 11.5. The highest BCUT2D eigenvalue weighted by molar-refractivity contribution is 6.32. The highest BCUT2D eigenvalue weighted by Gasteiger charge is 2.23. The molecule has 1 aromatic rings. The second kappa shape index (κ2) is 6.20. The van der Waals surface area contributed by atoms with Crippen molar-refractivity contribution in [3.05, 3.63) is 28.4 Å². The second-order valence-electron chi connectivity index (χ2n) is 3.99. The van der Waals surface area contributed by atoms with Crippen molar-refractivity contribution in [2.24, 2.45) is 0 Å². The fourth-order valence-corrected chi connectivity index (χ4v) is 2.00. The number of nitrogens with one attached hydrogen (secondary N) is 2. The molecule has 0 atom stereocenters. The number of benzene rings is 1. The van der Waals surface area contributed by atoms with Crippen molar-refractivity contribution in [1.29, 1.82) is 0 Å². The van der Waals surface area contributed by atoms with Gasteiger partial charge in [0.05, 0.1) is 12.1 Å². The first-order valence-electron chi connectivity index (χ1n) is 5.83. The van der Waals surface area contributed by atoms with Crippen LogP contribution in [0.3, 0.4) is 0 Å². The molecule has 3 amide bonds. The first kappa shape index (κ1) is 14.8. The molecule has 0 spiro atoms. The monoisotopic (exact) mass is 306 g/mol. The molecule has 1 aliphatic rings. The van der Waals surface area contributed by atoms with Gasteiger partial charge in [0.2, 0.25) is 0 Å². The lowest BCUT2D eigenvalue weighted by atomic mass is 10.1. The molecule has 108 valence electrons. The number of ether oxygens (including phenoxy) is 2. The van der Waals surface area contributed by atoms with Gasteiger partial charge < -0.3 is 14.8 Å². The van der Waals surface area contributed by atoms with Gasteiger partial charge in [-0.15, -0.1) is 6.42 Å². The number of methoxy groups -OCH3 is 1. The van der Waals surface area contributed by atoms with Gasteiger partial charge in [0.25, 0.3) is 5.91 Å². The van der Waals surface area contributed by atoms with Gasteiger partial charge in [-0.1, -0.05) is 17.5 Å². The lowest BCUT2D eigenvalue weighted by Gasteiger charge is -2.11. The lowest BCUT2D eigenvalue weighted by Crippen LogP contribution is -2.22. The van der Waals surface area contributed by atoms with Crippen LogP contribution in [0.25, 0.3) is 6.08 Å². The third-order valence-electron chi connectivity index (χ3n) is 2.58. The minimum atomic E-state index is -0.571. The number of amides is 3. The molecule has 1 aromatic carbocycles. The van der Waals surface area contributed by atoms with Gasteiger partial charge in [0.15, 0.2) is 11.5 Å². The molecule has 0 aromatic heterocycles. The van der Waals surface area contributed by atoms with E-state index in [9.17, 15) is 9.59 Å². The van der Waals surface area contributed by atoms with E-state index < -0.39 is 11.9 Å². The van der Waals surface area contributed by atoms with Crippen molar-refractivity contribution in [1.82, 2.24) is 10.6 Å². The molecule has 0 bridgehead atoms. The molecule has 0 saturated carbocycles. The van der Waals surface area contributed by atoms with E-state index in [-0.39, 0.29) is 17.3 Å². The summed E-state index contributed by atoms with van der Waals surface area (Å²) in [4.78, 5) is 22.5. The molecule has 0 radical (unpaired) electrons. The largest absolute Gasteiger partial charge is 0.493 e. The minimum Gasteiger partial charge on any atom is -0.493 e. The van der Waals surface area contributed by atoms with E-state index in [2.05, 4.69) is 16.6 Å². The summed E-state index contributed by atoms with van der Waals surface area (Å²) in [6.45, 7) is 0.0506. The van der Waals surface area contributed by atoms with Crippen LogP contribution in [0.5, 0.6) is 11.5 Å². The topological polar surface area (TPSA) is 76.7 Å². The van der Waals surface area contributed by atoms with Gasteiger partial charge in [-0.05, 0) is 23.8 Å². The van der Waals surface area contributed by atoms with Crippen LogP contribution in [0.4, 0.5) is 4.79 Å². The van der Waals surface area contributed by atoms with Gasteiger partial charge in [-0.25, -0.2) is 4.79 Å². The number of carbonyl (C=O) groups excluding carboxylic acids is 2. The van der Waals surface area contributed by atoms with Crippen LogP contribution in [-0.2, 0) is 4.79 Å². The average Bonchev–Trinajstić information content (AvgIpc) is 2.75. The predicted molar refractivity (Wildman–Crippen MR) is 77.0 cm³/mol. The van der Waals surface area contributed by atoms with E-state index in [1.807, 2.05) is 0 Å². The number of imide groups is 1. The maximum Gasteiger partial charge on any atom is 0.326 e. The van der Waals surface area contributed by atoms with Crippen LogP contribution in [0.1, 0.15) is 5.56 Å². The standard InChI is InChI=1S/C14H11ClN2O4/c1-3-4-21-12-9(15)5-8(7-11(12)20-2)6-10-13(18)17-14(19)16-10/h1,5-7H,4H2,2H3,(H2,16,17,18,19)/b10-6+. The summed E-state index contributed by atoms with van der Waals surface area (Å²) in [5.74, 6) is 2.51. The van der Waals surface area contributed by atoms with Crippen molar-refractivity contribution in [2.75, 3.05) is 13.7 Å². The van der Waals surface area contributed by atoms with Gasteiger partial charge >= 0.3 is 6.03 Å². The van der Waals surface area contributed by atoms with Gasteiger partial charge in [0, 0.05) is 0 Å². The first-order chi connectivity index (χ1) is 10.0. The Morgan fingerprint density at radius 1 is 1.38 bits per heavy atom. The van der Waals surface area contributed by atoms with Gasteiger partial charge in [-0.3, -0.25) is 10.1 Å². The van der Waals surface area contributed by atoms with Crippen molar-refractivity contribution in [3.63, 3.8) is 0 Å². The normalized spacial score (nSPS) is 15.4. The second-order valence-corrected chi connectivity index (χ2v) is 4.40. The van der Waals surface area contributed by atoms with E-state index in [4.69, 9.17) is 27.5 Å². The van der Waals surface area contributed by atoms with Gasteiger partial charge in [0.1, 0.15) is 12.3 Å². The van der Waals surface area contributed by atoms with E-state index in [0.29, 0.717) is 17.1 Å². The Morgan fingerprint density at radius 3 is 2.71 bits per heavy atom. The Labute approximate surface area is 126 Å². The smallest absolute Gasteiger partial charge is 0.326 e. The number of hydrogen-bond donors (Lipinski definition) is 2. The molecule has 1 heterocycles. The predicted octanol–water partition coefficient (Wildman–Crippen LogP) is 1.54. The molecule has 0 aliphatic carbocycles. The molecule has 7 heteroatoms. The van der Waals surface area contributed by atoms with Crippen LogP contribution >= 0.6 is 11.6 Å². The zero-order valence-electron chi connectivity index (χ0n) is 11.0. The Balaban J connectivity index is 2.37. The van der Waals surface area contributed by atoms with E-state index >= 15 is 0 Å². The van der Waals surface area contributed by atoms with Crippen molar-refractivity contribution >= 4 is 29.6 Å². The molecule has 1 fully saturated rings. The average molecular weight is 307 g/mol. The zero-order valence-corrected chi connectivity index (χ0v) is 11.8. The summed E-state index contributed by atoms with van der Waals surface area (Å²) in [6.07, 6.45) is 6.60. The fraction of sp³-hybridized carbons (Fsp3) is 0.143. The Kier molecular flexibility index (Phi) is 4.36. The summed E-state index contributed by atoms with van der Waals surface area (Å²) >= 11 is 6.11. The van der Waals surface area contributed by atoms with Crippen molar-refractivity contribution in [3.8, 4) is 23.8 Å². The summed E-state index contributed by atoms with van der Waals surface area (Å²) in [7, 11) is 1.45. The lowest BCUT2D eigenvalue weighted by molar-refractivity contribution is -0.115. The molecule has 21 heavy (non-hydrogen) atoms. The van der Waals surface area contributed by atoms with Crippen LogP contribution in [0, 0.1) is 12.3 Å². The number of terminal acetylenes is 1. The third kappa shape index (κ3) is 3.27. The quantitative estimate of drug-likeness (QED) is 0.502. The molecule has 2 rings (SSSR count). The molecule has 2 N–H and O–H groups in total. The molecule has 6 nitrogen and oxygen atoms in total. The molecule has 0 unspecified atom stereocenters. The summed E-state index contributed by atoms with van der Waals surface area (Å²) in [5, 5.41) is 4.76. The fourth-order valence-electron chi connectivity index (χ4n) is 1.73. The minimum absolute atomic E-state index is 0.0506. The van der Waals surface area contributed by atoms with Crippen molar-refractivity contribution < 1.29 is 19.1 Å². The highest BCUT2D eigenvalue weighted by atomic mass is 35.5.